The fraction of sp³-hybridized carbons (Fsp3) is 0.350. The van der Waals surface area contributed by atoms with Gasteiger partial charge < -0.3 is 19.5 Å². The number of amides is 1. The van der Waals surface area contributed by atoms with Crippen molar-refractivity contribution in [3.05, 3.63) is 47.5 Å². The van der Waals surface area contributed by atoms with Gasteiger partial charge in [-0.15, -0.1) is 0 Å². The molecule has 1 heterocycles. The van der Waals surface area contributed by atoms with E-state index in [1.165, 1.54) is 0 Å². The van der Waals surface area contributed by atoms with Crippen molar-refractivity contribution in [2.75, 3.05) is 12.4 Å². The van der Waals surface area contributed by atoms with E-state index in [2.05, 4.69) is 5.32 Å². The minimum atomic E-state index is -0.491. The number of ether oxygens (including phenoxy) is 3. The molecule has 1 aliphatic carbocycles. The summed E-state index contributed by atoms with van der Waals surface area (Å²) in [4.78, 5) is 12.5. The highest BCUT2D eigenvalue weighted by Crippen LogP contribution is 2.47. The van der Waals surface area contributed by atoms with Crippen LogP contribution in [0.2, 0.25) is 0 Å². The van der Waals surface area contributed by atoms with E-state index < -0.39 is 5.79 Å². The van der Waals surface area contributed by atoms with Crippen LogP contribution < -0.4 is 19.5 Å². The number of methoxy groups -OCH3 is 1. The van der Waals surface area contributed by atoms with Gasteiger partial charge in [-0.25, -0.2) is 0 Å². The number of carbonyl (C=O) groups excluding carboxylic acids is 1. The van der Waals surface area contributed by atoms with Crippen molar-refractivity contribution in [3.63, 3.8) is 0 Å². The first-order valence-corrected chi connectivity index (χ1v) is 8.57. The van der Waals surface area contributed by atoms with Crippen LogP contribution in [-0.4, -0.2) is 18.8 Å². The fourth-order valence-electron chi connectivity index (χ4n) is 3.45. The fourth-order valence-corrected chi connectivity index (χ4v) is 3.45. The second kappa shape index (κ2) is 5.99. The van der Waals surface area contributed by atoms with Gasteiger partial charge in [-0.3, -0.25) is 4.79 Å². The van der Waals surface area contributed by atoms with Crippen molar-refractivity contribution in [1.82, 2.24) is 0 Å². The lowest BCUT2D eigenvalue weighted by atomic mass is 10.1. The topological polar surface area (TPSA) is 56.8 Å². The van der Waals surface area contributed by atoms with E-state index in [0.29, 0.717) is 22.7 Å². The quantitative estimate of drug-likeness (QED) is 0.906. The van der Waals surface area contributed by atoms with Crippen LogP contribution in [0.3, 0.4) is 0 Å². The number of anilines is 1. The van der Waals surface area contributed by atoms with E-state index >= 15 is 0 Å². The molecular formula is C20H21NO4. The summed E-state index contributed by atoms with van der Waals surface area (Å²) in [5, 5.41) is 2.91. The highest BCUT2D eigenvalue weighted by molar-refractivity contribution is 6.04. The molecule has 1 fully saturated rings. The van der Waals surface area contributed by atoms with E-state index in [9.17, 15) is 4.79 Å². The number of hydrogen-bond acceptors (Lipinski definition) is 4. The number of nitrogens with one attached hydrogen (secondary N) is 1. The molecule has 25 heavy (non-hydrogen) atoms. The van der Waals surface area contributed by atoms with Crippen LogP contribution in [-0.2, 0) is 0 Å². The molecule has 130 valence electrons. The third-order valence-corrected chi connectivity index (χ3v) is 4.83. The van der Waals surface area contributed by atoms with Crippen molar-refractivity contribution in [2.45, 2.75) is 38.4 Å². The first-order chi connectivity index (χ1) is 12.1. The van der Waals surface area contributed by atoms with Crippen LogP contribution in [0.15, 0.2) is 36.4 Å². The maximum absolute atomic E-state index is 12.5. The van der Waals surface area contributed by atoms with Crippen LogP contribution in [0.4, 0.5) is 5.69 Å². The number of aryl methyl sites for hydroxylation is 1. The Labute approximate surface area is 146 Å². The molecule has 2 aromatic rings. The Morgan fingerprint density at radius 3 is 2.60 bits per heavy atom. The first-order valence-electron chi connectivity index (χ1n) is 8.57. The Hall–Kier alpha value is -2.69. The molecule has 1 amide bonds. The van der Waals surface area contributed by atoms with Crippen LogP contribution in [0, 0.1) is 6.92 Å². The van der Waals surface area contributed by atoms with Gasteiger partial charge in [-0.05, 0) is 49.6 Å². The molecule has 1 saturated carbocycles. The van der Waals surface area contributed by atoms with E-state index in [4.69, 9.17) is 14.2 Å². The molecule has 2 aliphatic rings. The molecule has 0 radical (unpaired) electrons. The molecule has 0 aromatic heterocycles. The summed E-state index contributed by atoms with van der Waals surface area (Å²) >= 11 is 0. The summed E-state index contributed by atoms with van der Waals surface area (Å²) in [6.07, 6.45) is 4.05. The summed E-state index contributed by atoms with van der Waals surface area (Å²) in [6, 6.07) is 10.9. The molecule has 4 rings (SSSR count). The van der Waals surface area contributed by atoms with Crippen molar-refractivity contribution < 1.29 is 19.0 Å². The Morgan fingerprint density at radius 1 is 1.08 bits per heavy atom. The normalized spacial score (nSPS) is 16.9. The summed E-state index contributed by atoms with van der Waals surface area (Å²) in [5.74, 6) is 1.46. The zero-order valence-corrected chi connectivity index (χ0v) is 14.4. The van der Waals surface area contributed by atoms with Gasteiger partial charge in [0.15, 0.2) is 11.5 Å². The molecular weight excluding hydrogens is 318 g/mol. The van der Waals surface area contributed by atoms with Gasteiger partial charge in [-0.2, -0.15) is 0 Å². The van der Waals surface area contributed by atoms with Gasteiger partial charge >= 0.3 is 0 Å². The highest BCUT2D eigenvalue weighted by atomic mass is 16.7. The van der Waals surface area contributed by atoms with Crippen LogP contribution in [0.25, 0.3) is 0 Å². The Kier molecular flexibility index (Phi) is 3.79. The van der Waals surface area contributed by atoms with Gasteiger partial charge in [0.25, 0.3) is 11.7 Å². The monoisotopic (exact) mass is 339 g/mol. The van der Waals surface area contributed by atoms with Gasteiger partial charge in [0.1, 0.15) is 5.75 Å². The maximum atomic E-state index is 12.5. The minimum absolute atomic E-state index is 0.187. The van der Waals surface area contributed by atoms with Gasteiger partial charge in [-0.1, -0.05) is 6.07 Å². The smallest absolute Gasteiger partial charge is 0.255 e. The number of carbonyl (C=O) groups is 1. The van der Waals surface area contributed by atoms with E-state index in [1.54, 1.807) is 19.2 Å². The van der Waals surface area contributed by atoms with Gasteiger partial charge in [0.05, 0.1) is 7.11 Å². The molecule has 1 spiro atoms. The van der Waals surface area contributed by atoms with E-state index in [1.807, 2.05) is 31.2 Å². The van der Waals surface area contributed by atoms with Crippen molar-refractivity contribution >= 4 is 11.6 Å². The van der Waals surface area contributed by atoms with Gasteiger partial charge in [0, 0.05) is 30.2 Å². The summed E-state index contributed by atoms with van der Waals surface area (Å²) in [7, 11) is 1.60. The van der Waals surface area contributed by atoms with E-state index in [0.717, 1.165) is 37.0 Å². The minimum Gasteiger partial charge on any atom is -0.496 e. The largest absolute Gasteiger partial charge is 0.496 e. The third-order valence-electron chi connectivity index (χ3n) is 4.83. The SMILES string of the molecule is COc1cc(C(=O)Nc2ccc3c(c2)OC2(CCCC2)O3)ccc1C. The maximum Gasteiger partial charge on any atom is 0.255 e. The Balaban J connectivity index is 1.52. The zero-order chi connectivity index (χ0) is 17.4. The number of hydrogen-bond donors (Lipinski definition) is 1. The van der Waals surface area contributed by atoms with Crippen LogP contribution in [0.5, 0.6) is 17.2 Å². The zero-order valence-electron chi connectivity index (χ0n) is 14.4. The standard InChI is InChI=1S/C20H21NO4/c1-13-5-6-14(11-17(13)23-2)19(22)21-15-7-8-16-18(12-15)25-20(24-16)9-3-4-10-20/h5-8,11-12H,3-4,9-10H2,1-2H3,(H,21,22). The Morgan fingerprint density at radius 2 is 1.84 bits per heavy atom. The average Bonchev–Trinajstić information content (AvgIpc) is 3.21. The molecule has 0 bridgehead atoms. The first kappa shape index (κ1) is 15.8. The predicted octanol–water partition coefficient (Wildman–Crippen LogP) is 4.30. The predicted molar refractivity (Wildman–Crippen MR) is 94.6 cm³/mol. The van der Waals surface area contributed by atoms with Crippen molar-refractivity contribution in [1.29, 1.82) is 0 Å². The average molecular weight is 339 g/mol. The summed E-state index contributed by atoms with van der Waals surface area (Å²) < 4.78 is 17.3. The molecule has 1 N–H and O–H groups in total. The molecule has 5 heteroatoms. The highest BCUT2D eigenvalue weighted by Gasteiger charge is 2.44. The van der Waals surface area contributed by atoms with Crippen LogP contribution >= 0.6 is 0 Å². The molecule has 5 nitrogen and oxygen atoms in total. The number of rotatable bonds is 3. The molecule has 0 atom stereocenters. The second-order valence-electron chi connectivity index (χ2n) is 6.62. The lowest BCUT2D eigenvalue weighted by molar-refractivity contribution is -0.0716. The number of fused-ring (bicyclic) bond motifs is 1. The van der Waals surface area contributed by atoms with Crippen molar-refractivity contribution in [2.24, 2.45) is 0 Å². The summed E-state index contributed by atoms with van der Waals surface area (Å²) in [5.41, 5.74) is 2.22. The third kappa shape index (κ3) is 2.90. The lowest BCUT2D eigenvalue weighted by Gasteiger charge is -2.21. The lowest BCUT2D eigenvalue weighted by Crippen LogP contribution is -2.34. The van der Waals surface area contributed by atoms with E-state index in [-0.39, 0.29) is 5.91 Å². The Bertz CT molecular complexity index is 824. The summed E-state index contributed by atoms with van der Waals surface area (Å²) in [6.45, 7) is 1.94. The van der Waals surface area contributed by atoms with Crippen LogP contribution in [0.1, 0.15) is 41.6 Å². The molecule has 0 saturated heterocycles. The molecule has 2 aromatic carbocycles. The van der Waals surface area contributed by atoms with Gasteiger partial charge in [0.2, 0.25) is 0 Å². The molecule has 0 unspecified atom stereocenters. The van der Waals surface area contributed by atoms with Crippen molar-refractivity contribution in [3.8, 4) is 17.2 Å². The molecule has 1 aliphatic heterocycles. The number of benzene rings is 2. The second-order valence-corrected chi connectivity index (χ2v) is 6.62.